The molecule has 5 heteroatoms. The lowest BCUT2D eigenvalue weighted by Gasteiger charge is -2.34. The standard InChI is InChI=1S/C16H24N2O2S/c1-12-4-5-13(14(10-12)21-3)11-18-15(19)16(20-2)6-8-17-9-7-16/h4-5,10,17H,6-9,11H2,1-3H3,(H,18,19). The molecule has 21 heavy (non-hydrogen) atoms. The number of methoxy groups -OCH3 is 1. The smallest absolute Gasteiger partial charge is 0.252 e. The van der Waals surface area contributed by atoms with Crippen molar-refractivity contribution in [1.82, 2.24) is 10.6 Å². The Morgan fingerprint density at radius 3 is 2.76 bits per heavy atom. The van der Waals surface area contributed by atoms with Crippen LogP contribution in [0, 0.1) is 6.92 Å². The van der Waals surface area contributed by atoms with Gasteiger partial charge in [-0.05, 0) is 56.3 Å². The molecule has 1 fully saturated rings. The minimum absolute atomic E-state index is 0.000807. The summed E-state index contributed by atoms with van der Waals surface area (Å²) in [6.07, 6.45) is 3.50. The molecule has 0 unspecified atom stereocenters. The fourth-order valence-electron chi connectivity index (χ4n) is 2.69. The Morgan fingerprint density at radius 2 is 2.14 bits per heavy atom. The summed E-state index contributed by atoms with van der Waals surface area (Å²) in [4.78, 5) is 13.7. The Balaban J connectivity index is 2.03. The predicted octanol–water partition coefficient (Wildman–Crippen LogP) is 2.10. The van der Waals surface area contributed by atoms with Crippen molar-refractivity contribution < 1.29 is 9.53 Å². The molecular formula is C16H24N2O2S. The lowest BCUT2D eigenvalue weighted by molar-refractivity contribution is -0.146. The first-order valence-corrected chi connectivity index (χ1v) is 8.51. The van der Waals surface area contributed by atoms with E-state index in [4.69, 9.17) is 4.74 Å². The van der Waals surface area contributed by atoms with Crippen LogP contribution in [0.3, 0.4) is 0 Å². The number of hydrogen-bond donors (Lipinski definition) is 2. The Morgan fingerprint density at radius 1 is 1.43 bits per heavy atom. The topological polar surface area (TPSA) is 50.4 Å². The van der Waals surface area contributed by atoms with Crippen LogP contribution >= 0.6 is 11.8 Å². The zero-order valence-corrected chi connectivity index (χ0v) is 13.8. The lowest BCUT2D eigenvalue weighted by atomic mass is 9.91. The van der Waals surface area contributed by atoms with Gasteiger partial charge in [0, 0.05) is 18.6 Å². The van der Waals surface area contributed by atoms with Gasteiger partial charge in [-0.25, -0.2) is 0 Å². The number of benzene rings is 1. The van der Waals surface area contributed by atoms with Crippen LogP contribution in [-0.2, 0) is 16.1 Å². The van der Waals surface area contributed by atoms with E-state index in [1.807, 2.05) is 0 Å². The third-order valence-electron chi connectivity index (χ3n) is 4.10. The maximum atomic E-state index is 12.5. The van der Waals surface area contributed by atoms with Gasteiger partial charge in [-0.3, -0.25) is 4.79 Å². The molecule has 0 aliphatic carbocycles. The van der Waals surface area contributed by atoms with Crippen LogP contribution in [0.4, 0.5) is 0 Å². The normalized spacial score (nSPS) is 17.5. The fourth-order valence-corrected chi connectivity index (χ4v) is 3.40. The Hall–Kier alpha value is -1.04. The number of nitrogens with one attached hydrogen (secondary N) is 2. The van der Waals surface area contributed by atoms with Crippen molar-refractivity contribution in [3.63, 3.8) is 0 Å². The van der Waals surface area contributed by atoms with Gasteiger partial charge in [-0.1, -0.05) is 12.1 Å². The Labute approximate surface area is 131 Å². The van der Waals surface area contributed by atoms with E-state index in [1.54, 1.807) is 18.9 Å². The van der Waals surface area contributed by atoms with Crippen LogP contribution < -0.4 is 10.6 Å². The minimum Gasteiger partial charge on any atom is -0.368 e. The lowest BCUT2D eigenvalue weighted by Crippen LogP contribution is -2.53. The highest BCUT2D eigenvalue weighted by Crippen LogP contribution is 2.24. The second kappa shape index (κ2) is 7.29. The molecule has 4 nitrogen and oxygen atoms in total. The molecule has 1 aliphatic heterocycles. The van der Waals surface area contributed by atoms with Gasteiger partial charge in [-0.15, -0.1) is 11.8 Å². The summed E-state index contributed by atoms with van der Waals surface area (Å²) < 4.78 is 5.55. The SMILES string of the molecule is COC1(C(=O)NCc2ccc(C)cc2SC)CCNCC1. The molecule has 2 N–H and O–H groups in total. The molecule has 0 bridgehead atoms. The van der Waals surface area contributed by atoms with Gasteiger partial charge < -0.3 is 15.4 Å². The van der Waals surface area contributed by atoms with Gasteiger partial charge in [0.05, 0.1) is 0 Å². The highest BCUT2D eigenvalue weighted by Gasteiger charge is 2.39. The number of carbonyl (C=O) groups excluding carboxylic acids is 1. The van der Waals surface area contributed by atoms with Crippen LogP contribution in [0.25, 0.3) is 0 Å². The maximum Gasteiger partial charge on any atom is 0.252 e. The molecule has 116 valence electrons. The molecule has 0 radical (unpaired) electrons. The zero-order valence-electron chi connectivity index (χ0n) is 13.0. The van der Waals surface area contributed by atoms with Crippen LogP contribution in [0.15, 0.2) is 23.1 Å². The first-order valence-electron chi connectivity index (χ1n) is 7.29. The number of rotatable bonds is 5. The molecule has 0 atom stereocenters. The molecule has 2 rings (SSSR count). The van der Waals surface area contributed by atoms with E-state index < -0.39 is 5.60 Å². The van der Waals surface area contributed by atoms with Crippen molar-refractivity contribution in [3.05, 3.63) is 29.3 Å². The Kier molecular flexibility index (Phi) is 5.67. The molecule has 0 saturated carbocycles. The van der Waals surface area contributed by atoms with Gasteiger partial charge in [-0.2, -0.15) is 0 Å². The molecule has 1 saturated heterocycles. The molecule has 0 spiro atoms. The van der Waals surface area contributed by atoms with E-state index in [2.05, 4.69) is 42.0 Å². The molecule has 1 amide bonds. The van der Waals surface area contributed by atoms with E-state index >= 15 is 0 Å². The summed E-state index contributed by atoms with van der Waals surface area (Å²) in [7, 11) is 1.63. The van der Waals surface area contributed by atoms with Crippen molar-refractivity contribution in [2.75, 3.05) is 26.5 Å². The van der Waals surface area contributed by atoms with Crippen molar-refractivity contribution in [2.24, 2.45) is 0 Å². The summed E-state index contributed by atoms with van der Waals surface area (Å²) in [6.45, 7) is 4.27. The van der Waals surface area contributed by atoms with Crippen molar-refractivity contribution >= 4 is 17.7 Å². The number of ether oxygens (including phenoxy) is 1. The maximum absolute atomic E-state index is 12.5. The molecular weight excluding hydrogens is 284 g/mol. The first-order chi connectivity index (χ1) is 10.1. The summed E-state index contributed by atoms with van der Waals surface area (Å²) in [6, 6.07) is 6.32. The van der Waals surface area contributed by atoms with Crippen LogP contribution in [0.1, 0.15) is 24.0 Å². The molecule has 1 aromatic rings. The summed E-state index contributed by atoms with van der Waals surface area (Å²) >= 11 is 1.71. The number of amides is 1. The molecule has 1 aliphatic rings. The largest absolute Gasteiger partial charge is 0.368 e. The van der Waals surface area contributed by atoms with Crippen LogP contribution in [-0.4, -0.2) is 38.0 Å². The van der Waals surface area contributed by atoms with Gasteiger partial charge in [0.25, 0.3) is 5.91 Å². The van der Waals surface area contributed by atoms with E-state index in [9.17, 15) is 4.79 Å². The van der Waals surface area contributed by atoms with Gasteiger partial charge in [0.2, 0.25) is 0 Å². The summed E-state index contributed by atoms with van der Waals surface area (Å²) in [5.74, 6) is -0.000807. The van der Waals surface area contributed by atoms with E-state index in [-0.39, 0.29) is 5.91 Å². The molecule has 0 aromatic heterocycles. The van der Waals surface area contributed by atoms with E-state index in [0.717, 1.165) is 31.5 Å². The quantitative estimate of drug-likeness (QED) is 0.818. The second-order valence-electron chi connectivity index (χ2n) is 5.45. The highest BCUT2D eigenvalue weighted by atomic mass is 32.2. The number of piperidine rings is 1. The summed E-state index contributed by atoms with van der Waals surface area (Å²) in [5.41, 5.74) is 1.72. The van der Waals surface area contributed by atoms with E-state index in [1.165, 1.54) is 10.5 Å². The van der Waals surface area contributed by atoms with Crippen molar-refractivity contribution in [2.45, 2.75) is 36.8 Å². The van der Waals surface area contributed by atoms with Crippen molar-refractivity contribution in [1.29, 1.82) is 0 Å². The van der Waals surface area contributed by atoms with Gasteiger partial charge >= 0.3 is 0 Å². The van der Waals surface area contributed by atoms with Crippen LogP contribution in [0.5, 0.6) is 0 Å². The third-order valence-corrected chi connectivity index (χ3v) is 4.92. The first kappa shape index (κ1) is 16.3. The molecule has 1 aromatic carbocycles. The fraction of sp³-hybridized carbons (Fsp3) is 0.562. The average Bonchev–Trinajstić information content (AvgIpc) is 2.53. The number of hydrogen-bond acceptors (Lipinski definition) is 4. The zero-order chi connectivity index (χ0) is 15.3. The number of aryl methyl sites for hydroxylation is 1. The number of thioether (sulfide) groups is 1. The van der Waals surface area contributed by atoms with Crippen molar-refractivity contribution in [3.8, 4) is 0 Å². The minimum atomic E-state index is -0.671. The monoisotopic (exact) mass is 308 g/mol. The second-order valence-corrected chi connectivity index (χ2v) is 6.29. The average molecular weight is 308 g/mol. The van der Waals surface area contributed by atoms with Gasteiger partial charge in [0.15, 0.2) is 0 Å². The highest BCUT2D eigenvalue weighted by molar-refractivity contribution is 7.98. The van der Waals surface area contributed by atoms with Crippen LogP contribution in [0.2, 0.25) is 0 Å². The van der Waals surface area contributed by atoms with E-state index in [0.29, 0.717) is 6.54 Å². The Bertz CT molecular complexity index is 499. The van der Waals surface area contributed by atoms with Gasteiger partial charge in [0.1, 0.15) is 5.60 Å². The molecule has 1 heterocycles. The predicted molar refractivity (Wildman–Crippen MR) is 86.7 cm³/mol. The summed E-state index contributed by atoms with van der Waals surface area (Å²) in [5, 5.41) is 6.31. The third kappa shape index (κ3) is 3.78. The number of carbonyl (C=O) groups is 1.